The van der Waals surface area contributed by atoms with Crippen LogP contribution in [0.3, 0.4) is 0 Å². The monoisotopic (exact) mass is 332 g/mol. The van der Waals surface area contributed by atoms with Crippen LogP contribution in [-0.2, 0) is 19.4 Å². The average Bonchev–Trinajstić information content (AvgIpc) is 2.98. The quantitative estimate of drug-likeness (QED) is 0.817. The smallest absolute Gasteiger partial charge is 0.251 e. The van der Waals surface area contributed by atoms with Gasteiger partial charge in [0.1, 0.15) is 0 Å². The first kappa shape index (κ1) is 17.6. The summed E-state index contributed by atoms with van der Waals surface area (Å²) in [5.41, 5.74) is 1.91. The Morgan fingerprint density at radius 2 is 2.17 bits per heavy atom. The van der Waals surface area contributed by atoms with Crippen LogP contribution in [0.25, 0.3) is 0 Å². The largest absolute Gasteiger partial charge is 0.390 e. The highest BCUT2D eigenvalue weighted by Crippen LogP contribution is 2.15. The molecule has 0 saturated heterocycles. The SMILES string of the molecule is CCc1nc(CNC(=O)c2cccc(CCC(C)(C)O)c2)cs1. The minimum Gasteiger partial charge on any atom is -0.390 e. The lowest BCUT2D eigenvalue weighted by Gasteiger charge is -2.16. The van der Waals surface area contributed by atoms with Crippen molar-refractivity contribution >= 4 is 17.2 Å². The summed E-state index contributed by atoms with van der Waals surface area (Å²) in [4.78, 5) is 16.7. The van der Waals surface area contributed by atoms with Gasteiger partial charge in [-0.3, -0.25) is 4.79 Å². The van der Waals surface area contributed by atoms with Gasteiger partial charge in [0.25, 0.3) is 5.91 Å². The highest BCUT2D eigenvalue weighted by atomic mass is 32.1. The molecule has 1 aromatic carbocycles. The number of nitrogens with one attached hydrogen (secondary N) is 1. The number of aryl methyl sites for hydroxylation is 2. The molecule has 5 heteroatoms. The van der Waals surface area contributed by atoms with Crippen LogP contribution in [0.2, 0.25) is 0 Å². The lowest BCUT2D eigenvalue weighted by atomic mass is 9.98. The third-order valence-electron chi connectivity index (χ3n) is 3.55. The molecule has 0 aliphatic heterocycles. The number of benzene rings is 1. The van der Waals surface area contributed by atoms with E-state index in [2.05, 4.69) is 17.2 Å². The van der Waals surface area contributed by atoms with E-state index in [-0.39, 0.29) is 5.91 Å². The first-order valence-electron chi connectivity index (χ1n) is 7.90. The van der Waals surface area contributed by atoms with Gasteiger partial charge in [0.15, 0.2) is 0 Å². The fraction of sp³-hybridized carbons (Fsp3) is 0.444. The van der Waals surface area contributed by atoms with Gasteiger partial charge in [-0.05, 0) is 50.8 Å². The molecule has 2 aromatic rings. The molecule has 2 N–H and O–H groups in total. The molecule has 0 atom stereocenters. The van der Waals surface area contributed by atoms with Crippen LogP contribution in [-0.4, -0.2) is 21.6 Å². The summed E-state index contributed by atoms with van der Waals surface area (Å²) in [6, 6.07) is 7.56. The third-order valence-corrected chi connectivity index (χ3v) is 4.59. The van der Waals surface area contributed by atoms with Crippen molar-refractivity contribution in [3.8, 4) is 0 Å². The van der Waals surface area contributed by atoms with Crippen LogP contribution >= 0.6 is 11.3 Å². The Balaban J connectivity index is 1.93. The van der Waals surface area contributed by atoms with Crippen molar-refractivity contribution in [3.05, 3.63) is 51.5 Å². The molecule has 0 unspecified atom stereocenters. The number of thiazole rings is 1. The fourth-order valence-electron chi connectivity index (χ4n) is 2.18. The zero-order valence-corrected chi connectivity index (χ0v) is 14.7. The second-order valence-electron chi connectivity index (χ2n) is 6.28. The molecule has 0 radical (unpaired) electrons. The molecule has 0 saturated carbocycles. The van der Waals surface area contributed by atoms with Gasteiger partial charge >= 0.3 is 0 Å². The number of aliphatic hydroxyl groups is 1. The number of hydrogen-bond acceptors (Lipinski definition) is 4. The second kappa shape index (κ2) is 7.70. The molecule has 23 heavy (non-hydrogen) atoms. The molecule has 124 valence electrons. The Morgan fingerprint density at radius 1 is 1.39 bits per heavy atom. The lowest BCUT2D eigenvalue weighted by molar-refractivity contribution is 0.0714. The predicted octanol–water partition coefficient (Wildman–Crippen LogP) is 3.34. The third kappa shape index (κ3) is 5.77. The van der Waals surface area contributed by atoms with Gasteiger partial charge < -0.3 is 10.4 Å². The van der Waals surface area contributed by atoms with Crippen molar-refractivity contribution in [1.29, 1.82) is 0 Å². The number of hydrogen-bond donors (Lipinski definition) is 2. The highest BCUT2D eigenvalue weighted by molar-refractivity contribution is 7.09. The van der Waals surface area contributed by atoms with Gasteiger partial charge in [0.05, 0.1) is 22.8 Å². The standard InChI is InChI=1S/C18H24N2O2S/c1-4-16-20-15(12-23-16)11-19-17(21)14-7-5-6-13(10-14)8-9-18(2,3)22/h5-7,10,12,22H,4,8-9,11H2,1-3H3,(H,19,21). The second-order valence-corrected chi connectivity index (χ2v) is 7.22. The van der Waals surface area contributed by atoms with E-state index in [1.54, 1.807) is 31.3 Å². The molecule has 1 amide bonds. The minimum absolute atomic E-state index is 0.0962. The molecular formula is C18H24N2O2S. The topological polar surface area (TPSA) is 62.2 Å². The zero-order chi connectivity index (χ0) is 16.9. The summed E-state index contributed by atoms with van der Waals surface area (Å²) < 4.78 is 0. The molecule has 0 aliphatic rings. The Morgan fingerprint density at radius 3 is 2.83 bits per heavy atom. The van der Waals surface area contributed by atoms with Gasteiger partial charge in [-0.25, -0.2) is 4.98 Å². The summed E-state index contributed by atoms with van der Waals surface area (Å²) >= 11 is 1.62. The van der Waals surface area contributed by atoms with Gasteiger partial charge in [-0.2, -0.15) is 0 Å². The predicted molar refractivity (Wildman–Crippen MR) is 93.7 cm³/mol. The van der Waals surface area contributed by atoms with Gasteiger partial charge in [0.2, 0.25) is 0 Å². The normalized spacial score (nSPS) is 11.5. The number of carbonyl (C=O) groups is 1. The molecule has 0 fully saturated rings. The number of nitrogens with zero attached hydrogens (tertiary/aromatic N) is 1. The van der Waals surface area contributed by atoms with Crippen LogP contribution in [0.1, 0.15) is 53.8 Å². The van der Waals surface area contributed by atoms with Crippen molar-refractivity contribution in [2.45, 2.75) is 52.2 Å². The van der Waals surface area contributed by atoms with E-state index >= 15 is 0 Å². The molecule has 0 bridgehead atoms. The first-order valence-corrected chi connectivity index (χ1v) is 8.78. The zero-order valence-electron chi connectivity index (χ0n) is 13.9. The molecule has 1 heterocycles. The van der Waals surface area contributed by atoms with E-state index in [0.29, 0.717) is 18.5 Å². The number of aromatic nitrogens is 1. The maximum absolute atomic E-state index is 12.3. The summed E-state index contributed by atoms with van der Waals surface area (Å²) in [5.74, 6) is -0.0962. The lowest BCUT2D eigenvalue weighted by Crippen LogP contribution is -2.23. The summed E-state index contributed by atoms with van der Waals surface area (Å²) in [6.45, 7) is 6.10. The number of amides is 1. The van der Waals surface area contributed by atoms with Crippen LogP contribution in [0.4, 0.5) is 0 Å². The van der Waals surface area contributed by atoms with Crippen LogP contribution in [0, 0.1) is 0 Å². The van der Waals surface area contributed by atoms with Crippen molar-refractivity contribution in [1.82, 2.24) is 10.3 Å². The Hall–Kier alpha value is -1.72. The van der Waals surface area contributed by atoms with E-state index in [0.717, 1.165) is 29.1 Å². The Labute approximate surface area is 141 Å². The average molecular weight is 332 g/mol. The highest BCUT2D eigenvalue weighted by Gasteiger charge is 2.13. The number of rotatable bonds is 7. The van der Waals surface area contributed by atoms with E-state index < -0.39 is 5.60 Å². The molecule has 1 aromatic heterocycles. The maximum Gasteiger partial charge on any atom is 0.251 e. The maximum atomic E-state index is 12.3. The fourth-order valence-corrected chi connectivity index (χ4v) is 2.93. The van der Waals surface area contributed by atoms with Crippen LogP contribution < -0.4 is 5.32 Å². The first-order chi connectivity index (χ1) is 10.9. The summed E-state index contributed by atoms with van der Waals surface area (Å²) in [7, 11) is 0. The number of carbonyl (C=O) groups excluding carboxylic acids is 1. The summed E-state index contributed by atoms with van der Waals surface area (Å²) in [6.07, 6.45) is 2.33. The van der Waals surface area contributed by atoms with E-state index in [1.807, 2.05) is 23.6 Å². The van der Waals surface area contributed by atoms with Gasteiger partial charge in [0, 0.05) is 10.9 Å². The Kier molecular flexibility index (Phi) is 5.91. The van der Waals surface area contributed by atoms with Crippen molar-refractivity contribution in [2.24, 2.45) is 0 Å². The van der Waals surface area contributed by atoms with E-state index in [4.69, 9.17) is 0 Å². The molecular weight excluding hydrogens is 308 g/mol. The molecule has 2 rings (SSSR count). The van der Waals surface area contributed by atoms with Gasteiger partial charge in [-0.1, -0.05) is 19.1 Å². The van der Waals surface area contributed by atoms with Crippen LogP contribution in [0.5, 0.6) is 0 Å². The van der Waals surface area contributed by atoms with Crippen LogP contribution in [0.15, 0.2) is 29.6 Å². The van der Waals surface area contributed by atoms with E-state index in [1.165, 1.54) is 0 Å². The summed E-state index contributed by atoms with van der Waals surface area (Å²) in [5, 5.41) is 15.8. The molecule has 0 spiro atoms. The van der Waals surface area contributed by atoms with Crippen molar-refractivity contribution in [3.63, 3.8) is 0 Å². The molecule has 0 aliphatic carbocycles. The minimum atomic E-state index is -0.695. The van der Waals surface area contributed by atoms with E-state index in [9.17, 15) is 9.90 Å². The molecule has 4 nitrogen and oxygen atoms in total. The van der Waals surface area contributed by atoms with Gasteiger partial charge in [-0.15, -0.1) is 11.3 Å². The van der Waals surface area contributed by atoms with Crippen molar-refractivity contribution < 1.29 is 9.90 Å². The Bertz CT molecular complexity index is 659. The van der Waals surface area contributed by atoms with Crippen molar-refractivity contribution in [2.75, 3.05) is 0 Å².